The van der Waals surface area contributed by atoms with Gasteiger partial charge in [-0.15, -0.1) is 0 Å². The average molecular weight is 281 g/mol. The molecule has 0 aliphatic heterocycles. The first-order valence-corrected chi connectivity index (χ1v) is 7.47. The molecule has 0 aromatic heterocycles. The van der Waals surface area contributed by atoms with E-state index in [0.29, 0.717) is 12.0 Å². The molecule has 2 N–H and O–H groups in total. The van der Waals surface area contributed by atoms with Gasteiger partial charge in [0.05, 0.1) is 11.5 Å². The van der Waals surface area contributed by atoms with Crippen LogP contribution in [0.2, 0.25) is 0 Å². The fourth-order valence-corrected chi connectivity index (χ4v) is 3.06. The van der Waals surface area contributed by atoms with Gasteiger partial charge in [-0.2, -0.15) is 0 Å². The van der Waals surface area contributed by atoms with Crippen LogP contribution in [0.3, 0.4) is 0 Å². The number of rotatable bonds is 3. The summed E-state index contributed by atoms with van der Waals surface area (Å²) in [5, 5.41) is 8.69. The highest BCUT2D eigenvalue weighted by Gasteiger charge is 2.23. The van der Waals surface area contributed by atoms with Crippen LogP contribution in [-0.4, -0.2) is 25.7 Å². The van der Waals surface area contributed by atoms with E-state index in [1.165, 1.54) is 6.07 Å². The van der Waals surface area contributed by atoms with Crippen molar-refractivity contribution in [3.8, 4) is 11.8 Å². The maximum absolute atomic E-state index is 12.3. The second kappa shape index (κ2) is 6.20. The summed E-state index contributed by atoms with van der Waals surface area (Å²) in [6.45, 7) is 5.31. The van der Waals surface area contributed by atoms with E-state index in [2.05, 4.69) is 16.6 Å². The lowest BCUT2D eigenvalue weighted by Crippen LogP contribution is -2.40. The Morgan fingerprint density at radius 3 is 2.47 bits per heavy atom. The third-order valence-corrected chi connectivity index (χ3v) is 3.89. The highest BCUT2D eigenvalue weighted by molar-refractivity contribution is 7.89. The third kappa shape index (κ3) is 5.03. The van der Waals surface area contributed by atoms with Gasteiger partial charge in [-0.25, -0.2) is 13.1 Å². The summed E-state index contributed by atoms with van der Waals surface area (Å²) in [6.07, 6.45) is 0.321. The molecule has 0 saturated heterocycles. The average Bonchev–Trinajstić information content (AvgIpc) is 2.27. The van der Waals surface area contributed by atoms with Gasteiger partial charge in [-0.05, 0) is 32.9 Å². The van der Waals surface area contributed by atoms with Crippen molar-refractivity contribution < 1.29 is 13.5 Å². The number of hydrogen-bond donors (Lipinski definition) is 2. The SMILES string of the molecule is CC(C)(C)NS(=O)(=O)c1ccccc1C#CCCO. The first-order chi connectivity index (χ1) is 8.76. The summed E-state index contributed by atoms with van der Waals surface area (Å²) in [4.78, 5) is 0.162. The van der Waals surface area contributed by atoms with Crippen molar-refractivity contribution in [1.29, 1.82) is 0 Å². The number of aliphatic hydroxyl groups excluding tert-OH is 1. The molecule has 1 rings (SSSR count). The van der Waals surface area contributed by atoms with Crippen LogP contribution in [0.4, 0.5) is 0 Å². The van der Waals surface area contributed by atoms with Crippen LogP contribution in [0.25, 0.3) is 0 Å². The molecule has 0 fully saturated rings. The first-order valence-electron chi connectivity index (χ1n) is 5.99. The fraction of sp³-hybridized carbons (Fsp3) is 0.429. The zero-order valence-corrected chi connectivity index (χ0v) is 12.2. The third-order valence-electron chi connectivity index (χ3n) is 2.08. The lowest BCUT2D eigenvalue weighted by atomic mass is 10.1. The Morgan fingerprint density at radius 2 is 1.89 bits per heavy atom. The van der Waals surface area contributed by atoms with Crippen LogP contribution in [0.1, 0.15) is 32.8 Å². The fourth-order valence-electron chi connectivity index (χ4n) is 1.48. The van der Waals surface area contributed by atoms with Crippen molar-refractivity contribution in [2.75, 3.05) is 6.61 Å². The van der Waals surface area contributed by atoms with E-state index < -0.39 is 15.6 Å². The van der Waals surface area contributed by atoms with Crippen LogP contribution in [0.5, 0.6) is 0 Å². The summed E-state index contributed by atoms with van der Waals surface area (Å²) in [7, 11) is -3.60. The lowest BCUT2D eigenvalue weighted by Gasteiger charge is -2.20. The Hall–Kier alpha value is -1.35. The molecular formula is C14H19NO3S. The molecule has 5 heteroatoms. The molecule has 0 aliphatic carbocycles. The van der Waals surface area contributed by atoms with Crippen molar-refractivity contribution in [3.63, 3.8) is 0 Å². The van der Waals surface area contributed by atoms with Crippen molar-refractivity contribution in [2.24, 2.45) is 0 Å². The number of aliphatic hydroxyl groups is 1. The largest absolute Gasteiger partial charge is 0.395 e. The zero-order chi connectivity index (χ0) is 14.5. The monoisotopic (exact) mass is 281 g/mol. The summed E-state index contributed by atoms with van der Waals surface area (Å²) < 4.78 is 27.1. The van der Waals surface area contributed by atoms with Gasteiger partial charge in [-0.1, -0.05) is 24.0 Å². The van der Waals surface area contributed by atoms with Crippen LogP contribution >= 0.6 is 0 Å². The van der Waals surface area contributed by atoms with Crippen LogP contribution in [0, 0.1) is 11.8 Å². The molecule has 104 valence electrons. The van der Waals surface area contributed by atoms with Crippen LogP contribution in [-0.2, 0) is 10.0 Å². The predicted octanol–water partition coefficient (Wildman–Crippen LogP) is 1.50. The number of benzene rings is 1. The van der Waals surface area contributed by atoms with E-state index in [9.17, 15) is 8.42 Å². The molecule has 0 bridgehead atoms. The smallest absolute Gasteiger partial charge is 0.242 e. The second-order valence-corrected chi connectivity index (χ2v) is 6.78. The second-order valence-electron chi connectivity index (χ2n) is 5.13. The molecule has 0 radical (unpaired) electrons. The van der Waals surface area contributed by atoms with Crippen molar-refractivity contribution >= 4 is 10.0 Å². The lowest BCUT2D eigenvalue weighted by molar-refractivity contribution is 0.305. The Kier molecular flexibility index (Phi) is 5.12. The van der Waals surface area contributed by atoms with Crippen molar-refractivity contribution in [1.82, 2.24) is 4.72 Å². The molecule has 0 heterocycles. The highest BCUT2D eigenvalue weighted by atomic mass is 32.2. The minimum atomic E-state index is -3.60. The Balaban J connectivity index is 3.18. The van der Waals surface area contributed by atoms with E-state index in [1.54, 1.807) is 39.0 Å². The minimum Gasteiger partial charge on any atom is -0.395 e. The van der Waals surface area contributed by atoms with E-state index in [0.717, 1.165) is 0 Å². The maximum Gasteiger partial charge on any atom is 0.242 e. The van der Waals surface area contributed by atoms with E-state index in [4.69, 9.17) is 5.11 Å². The quantitative estimate of drug-likeness (QED) is 0.825. The molecule has 1 aromatic carbocycles. The van der Waals surface area contributed by atoms with E-state index in [-0.39, 0.29) is 11.5 Å². The van der Waals surface area contributed by atoms with Crippen molar-refractivity contribution in [2.45, 2.75) is 37.6 Å². The van der Waals surface area contributed by atoms with Crippen LogP contribution in [0.15, 0.2) is 29.2 Å². The number of nitrogens with one attached hydrogen (secondary N) is 1. The minimum absolute atomic E-state index is 0.0395. The molecule has 0 spiro atoms. The molecule has 19 heavy (non-hydrogen) atoms. The van der Waals surface area contributed by atoms with Gasteiger partial charge in [0.15, 0.2) is 0 Å². The molecule has 0 aliphatic rings. The molecule has 0 unspecified atom stereocenters. The van der Waals surface area contributed by atoms with E-state index in [1.807, 2.05) is 0 Å². The normalized spacial score (nSPS) is 11.8. The van der Waals surface area contributed by atoms with Crippen molar-refractivity contribution in [3.05, 3.63) is 29.8 Å². The Morgan fingerprint density at radius 1 is 1.26 bits per heavy atom. The van der Waals surface area contributed by atoms with Gasteiger partial charge in [0.25, 0.3) is 0 Å². The molecule has 4 nitrogen and oxygen atoms in total. The van der Waals surface area contributed by atoms with Gasteiger partial charge in [0.1, 0.15) is 0 Å². The molecule has 1 aromatic rings. The van der Waals surface area contributed by atoms with E-state index >= 15 is 0 Å². The molecule has 0 atom stereocenters. The summed E-state index contributed by atoms with van der Waals surface area (Å²) in [5.74, 6) is 5.51. The topological polar surface area (TPSA) is 66.4 Å². The van der Waals surface area contributed by atoms with Gasteiger partial charge in [-0.3, -0.25) is 0 Å². The highest BCUT2D eigenvalue weighted by Crippen LogP contribution is 2.16. The molecule has 0 amide bonds. The van der Waals surface area contributed by atoms with Gasteiger partial charge >= 0.3 is 0 Å². The Bertz CT molecular complexity index is 589. The summed E-state index contributed by atoms with van der Waals surface area (Å²) >= 11 is 0. The zero-order valence-electron chi connectivity index (χ0n) is 11.4. The summed E-state index contributed by atoms with van der Waals surface area (Å²) in [5.41, 5.74) is -0.113. The standard InChI is InChI=1S/C14H19NO3S/c1-14(2,3)15-19(17,18)13-10-5-4-8-12(13)9-6-7-11-16/h4-5,8,10,15-16H,7,11H2,1-3H3. The predicted molar refractivity (Wildman–Crippen MR) is 75.1 cm³/mol. The Labute approximate surface area is 114 Å². The number of hydrogen-bond acceptors (Lipinski definition) is 3. The first kappa shape index (κ1) is 15.7. The van der Waals surface area contributed by atoms with Gasteiger partial charge < -0.3 is 5.11 Å². The van der Waals surface area contributed by atoms with Gasteiger partial charge in [0.2, 0.25) is 10.0 Å². The molecular weight excluding hydrogens is 262 g/mol. The molecule has 0 saturated carbocycles. The maximum atomic E-state index is 12.3. The van der Waals surface area contributed by atoms with Gasteiger partial charge in [0, 0.05) is 17.5 Å². The van der Waals surface area contributed by atoms with Crippen LogP contribution < -0.4 is 4.72 Å². The number of sulfonamides is 1. The summed E-state index contributed by atoms with van der Waals surface area (Å²) in [6, 6.07) is 6.58.